The largest absolute Gasteiger partial charge is 0.388 e. The van der Waals surface area contributed by atoms with E-state index in [9.17, 15) is 0 Å². The van der Waals surface area contributed by atoms with Crippen LogP contribution in [0.25, 0.3) is 11.1 Å². The summed E-state index contributed by atoms with van der Waals surface area (Å²) in [6, 6.07) is 19.4. The molecule has 0 heterocycles. The molecule has 0 aliphatic heterocycles. The van der Waals surface area contributed by atoms with Crippen molar-refractivity contribution in [1.29, 1.82) is 0 Å². The lowest BCUT2D eigenvalue weighted by atomic mass is 10.0. The fourth-order valence-corrected chi connectivity index (χ4v) is 4.08. The van der Waals surface area contributed by atoms with Gasteiger partial charge in [-0.2, -0.15) is 0 Å². The molecular formula is C37H48N2. The number of likely N-dealkylation sites (N-methyl/N-ethyl adjacent to an activating group) is 1. The minimum absolute atomic E-state index is 1.02. The molecule has 0 unspecified atom stereocenters. The third-order valence-corrected chi connectivity index (χ3v) is 6.10. The molecule has 0 atom stereocenters. The summed E-state index contributed by atoms with van der Waals surface area (Å²) in [5.41, 5.74) is 9.86. The second kappa shape index (κ2) is 19.1. The van der Waals surface area contributed by atoms with Crippen LogP contribution in [0.3, 0.4) is 0 Å². The lowest BCUT2D eigenvalue weighted by molar-refractivity contribution is 0.863. The zero-order valence-corrected chi connectivity index (χ0v) is 25.2. The summed E-state index contributed by atoms with van der Waals surface area (Å²) >= 11 is 0. The predicted octanol–water partition coefficient (Wildman–Crippen LogP) is 10.7. The first kappa shape index (κ1) is 33.0. The highest BCUT2D eigenvalue weighted by atomic mass is 15.2. The molecule has 0 amide bonds. The Bertz CT molecular complexity index is 1190. The van der Waals surface area contributed by atoms with Gasteiger partial charge >= 0.3 is 0 Å². The third-order valence-electron chi connectivity index (χ3n) is 6.10. The van der Waals surface area contributed by atoms with Gasteiger partial charge in [0.2, 0.25) is 0 Å². The van der Waals surface area contributed by atoms with Crippen molar-refractivity contribution in [3.8, 4) is 11.1 Å². The Morgan fingerprint density at radius 3 is 1.95 bits per heavy atom. The van der Waals surface area contributed by atoms with E-state index < -0.39 is 0 Å². The fourth-order valence-electron chi connectivity index (χ4n) is 4.08. The molecule has 1 aliphatic rings. The van der Waals surface area contributed by atoms with Crippen LogP contribution in [0.5, 0.6) is 0 Å². The highest BCUT2D eigenvalue weighted by Gasteiger charge is 2.17. The van der Waals surface area contributed by atoms with Crippen LogP contribution in [-0.4, -0.2) is 7.05 Å². The van der Waals surface area contributed by atoms with Gasteiger partial charge in [0.1, 0.15) is 0 Å². The summed E-state index contributed by atoms with van der Waals surface area (Å²) in [5.74, 6) is 0. The molecule has 0 spiro atoms. The fraction of sp³-hybridized carbons (Fsp3) is 0.243. The monoisotopic (exact) mass is 520 g/mol. The molecule has 1 aliphatic carbocycles. The number of allylic oxidation sites excluding steroid dienone is 12. The molecule has 0 saturated carbocycles. The molecule has 206 valence electrons. The van der Waals surface area contributed by atoms with Crippen LogP contribution in [0.1, 0.15) is 54.4 Å². The van der Waals surface area contributed by atoms with Crippen LogP contribution in [0.4, 0.5) is 5.69 Å². The topological polar surface area (TPSA) is 15.3 Å². The van der Waals surface area contributed by atoms with E-state index >= 15 is 0 Å². The standard InChI is InChI=1S/C31H36N2.C4H6.C2H6/c1-6-11-28(21-16-25(4)31(7-2)32-5)33(29-19-14-24(3)15-20-29)30-22-17-27(18-23-30)26-12-9-8-10-13-26;1-3-4-2;1-2/h6-14,16-19,21-23,32H,15,20H2,1-5H3;3-4H,1-2H2;1-2H3/b11-6-,25-16+,28-21+,31-7-;;. The molecule has 0 aromatic heterocycles. The SMILES string of the molecule is C=CC=C.CC.C\C=C/C(=C\C=C(C)\C(=C\C)NC)N(C1=CC=C(C)CC1)c1ccc(-c2ccccc2)cc1. The maximum atomic E-state index is 3.36. The average molecular weight is 521 g/mol. The van der Waals surface area contributed by atoms with Gasteiger partial charge in [0.25, 0.3) is 0 Å². The quantitative estimate of drug-likeness (QED) is 0.331. The molecule has 2 aromatic carbocycles. The Kier molecular flexibility index (Phi) is 16.1. The van der Waals surface area contributed by atoms with Crippen molar-refractivity contribution >= 4 is 5.69 Å². The highest BCUT2D eigenvalue weighted by molar-refractivity contribution is 5.69. The Balaban J connectivity index is 0.00000116. The van der Waals surface area contributed by atoms with Crippen LogP contribution in [0.2, 0.25) is 0 Å². The number of rotatable bonds is 9. The summed E-state index contributed by atoms with van der Waals surface area (Å²) in [5, 5.41) is 3.27. The van der Waals surface area contributed by atoms with Gasteiger partial charge in [-0.25, -0.2) is 0 Å². The molecular weight excluding hydrogens is 472 g/mol. The van der Waals surface area contributed by atoms with Crippen molar-refractivity contribution in [3.05, 3.63) is 151 Å². The number of hydrogen-bond acceptors (Lipinski definition) is 2. The molecule has 2 nitrogen and oxygen atoms in total. The van der Waals surface area contributed by atoms with Gasteiger partial charge in [-0.05, 0) is 87.6 Å². The number of nitrogens with zero attached hydrogens (tertiary/aromatic N) is 1. The Labute approximate surface area is 238 Å². The minimum atomic E-state index is 1.02. The number of nitrogens with one attached hydrogen (secondary N) is 1. The van der Waals surface area contributed by atoms with Crippen LogP contribution in [0, 0.1) is 0 Å². The summed E-state index contributed by atoms with van der Waals surface area (Å²) in [4.78, 5) is 2.39. The van der Waals surface area contributed by atoms with Gasteiger partial charge in [0.05, 0.1) is 0 Å². The highest BCUT2D eigenvalue weighted by Crippen LogP contribution is 2.32. The summed E-state index contributed by atoms with van der Waals surface area (Å²) in [6.07, 6.45) is 20.7. The molecule has 3 rings (SSSR count). The van der Waals surface area contributed by atoms with E-state index in [1.54, 1.807) is 12.2 Å². The average Bonchev–Trinajstić information content (AvgIpc) is 2.99. The second-order valence-electron chi connectivity index (χ2n) is 8.78. The normalized spacial score (nSPS) is 13.7. The first-order valence-corrected chi connectivity index (χ1v) is 13.9. The van der Waals surface area contributed by atoms with E-state index in [1.807, 2.05) is 20.9 Å². The Morgan fingerprint density at radius 2 is 1.46 bits per heavy atom. The summed E-state index contributed by atoms with van der Waals surface area (Å²) in [7, 11) is 1.96. The van der Waals surface area contributed by atoms with Crippen LogP contribution < -0.4 is 10.2 Å². The van der Waals surface area contributed by atoms with E-state index in [-0.39, 0.29) is 0 Å². The van der Waals surface area contributed by atoms with Crippen molar-refractivity contribution in [3.63, 3.8) is 0 Å². The molecule has 0 bridgehead atoms. The maximum Gasteiger partial charge on any atom is 0.0458 e. The van der Waals surface area contributed by atoms with Crippen LogP contribution in [0.15, 0.2) is 151 Å². The molecule has 0 radical (unpaired) electrons. The van der Waals surface area contributed by atoms with Gasteiger partial charge < -0.3 is 10.2 Å². The van der Waals surface area contributed by atoms with E-state index in [4.69, 9.17) is 0 Å². The van der Waals surface area contributed by atoms with Gasteiger partial charge in [0, 0.05) is 29.8 Å². The molecule has 39 heavy (non-hydrogen) atoms. The zero-order chi connectivity index (χ0) is 29.0. The Hall–Kier alpha value is -4.04. The summed E-state index contributed by atoms with van der Waals surface area (Å²) < 4.78 is 0. The lowest BCUT2D eigenvalue weighted by Gasteiger charge is -2.30. The molecule has 2 heteroatoms. The van der Waals surface area contributed by atoms with E-state index in [2.05, 4.69) is 148 Å². The second-order valence-corrected chi connectivity index (χ2v) is 8.78. The number of anilines is 1. The van der Waals surface area contributed by atoms with Crippen molar-refractivity contribution in [2.75, 3.05) is 11.9 Å². The summed E-state index contributed by atoms with van der Waals surface area (Å²) in [6.45, 7) is 19.2. The molecule has 0 saturated heterocycles. The minimum Gasteiger partial charge on any atom is -0.388 e. The molecule has 2 aromatic rings. The molecule has 1 N–H and O–H groups in total. The third kappa shape index (κ3) is 10.7. The van der Waals surface area contributed by atoms with Crippen molar-refractivity contribution in [2.24, 2.45) is 0 Å². The Morgan fingerprint density at radius 1 is 0.846 bits per heavy atom. The van der Waals surface area contributed by atoms with E-state index in [0.717, 1.165) is 24.2 Å². The van der Waals surface area contributed by atoms with Crippen molar-refractivity contribution < 1.29 is 0 Å². The first-order valence-electron chi connectivity index (χ1n) is 13.9. The van der Waals surface area contributed by atoms with E-state index in [1.165, 1.54) is 33.7 Å². The van der Waals surface area contributed by atoms with Crippen molar-refractivity contribution in [1.82, 2.24) is 5.32 Å². The lowest BCUT2D eigenvalue weighted by Crippen LogP contribution is -2.22. The molecule has 0 fully saturated rings. The van der Waals surface area contributed by atoms with Gasteiger partial charge in [-0.3, -0.25) is 0 Å². The van der Waals surface area contributed by atoms with Gasteiger partial charge in [-0.1, -0.05) is 111 Å². The predicted molar refractivity (Wildman–Crippen MR) is 177 cm³/mol. The van der Waals surface area contributed by atoms with Gasteiger partial charge in [-0.15, -0.1) is 0 Å². The van der Waals surface area contributed by atoms with Crippen LogP contribution >= 0.6 is 0 Å². The van der Waals surface area contributed by atoms with Crippen molar-refractivity contribution in [2.45, 2.75) is 54.4 Å². The zero-order valence-electron chi connectivity index (χ0n) is 25.2. The number of hydrogen-bond donors (Lipinski definition) is 1. The maximum absolute atomic E-state index is 3.36. The van der Waals surface area contributed by atoms with Crippen LogP contribution in [-0.2, 0) is 0 Å². The van der Waals surface area contributed by atoms with Gasteiger partial charge in [0.15, 0.2) is 0 Å². The smallest absolute Gasteiger partial charge is 0.0458 e. The number of benzene rings is 2. The van der Waals surface area contributed by atoms with E-state index in [0.29, 0.717) is 0 Å². The first-order chi connectivity index (χ1) is 19.0.